The maximum Gasteiger partial charge on any atom is 0.254 e. The Kier molecular flexibility index (Phi) is 4.70. The van der Waals surface area contributed by atoms with E-state index in [4.69, 9.17) is 23.2 Å². The number of hydrogen-bond acceptors (Lipinski definition) is 1. The van der Waals surface area contributed by atoms with E-state index >= 15 is 0 Å². The molecular formula is C18H17Cl2NO. The Labute approximate surface area is 140 Å². The predicted molar refractivity (Wildman–Crippen MR) is 90.7 cm³/mol. The van der Waals surface area contributed by atoms with Crippen LogP contribution in [0.25, 0.3) is 0 Å². The predicted octanol–water partition coefficient (Wildman–Crippen LogP) is 4.84. The van der Waals surface area contributed by atoms with Crippen LogP contribution in [0.3, 0.4) is 0 Å². The topological polar surface area (TPSA) is 20.3 Å². The maximum atomic E-state index is 12.8. The van der Waals surface area contributed by atoms with Crippen LogP contribution in [0.5, 0.6) is 0 Å². The molecule has 1 aliphatic rings. The summed E-state index contributed by atoms with van der Waals surface area (Å²) in [6.07, 6.45) is 2.97. The van der Waals surface area contributed by atoms with Crippen molar-refractivity contribution < 1.29 is 4.79 Å². The van der Waals surface area contributed by atoms with E-state index in [2.05, 4.69) is 12.1 Å². The summed E-state index contributed by atoms with van der Waals surface area (Å²) in [4.78, 5) is 14.7. The summed E-state index contributed by atoms with van der Waals surface area (Å²) in [6.45, 7) is 0.792. The molecule has 2 aromatic carbocycles. The lowest BCUT2D eigenvalue weighted by atomic mass is 10.0. The van der Waals surface area contributed by atoms with Gasteiger partial charge in [-0.05, 0) is 43.0 Å². The van der Waals surface area contributed by atoms with Crippen LogP contribution in [0, 0.1) is 0 Å². The molecule has 4 heteroatoms. The number of amides is 1. The van der Waals surface area contributed by atoms with Crippen LogP contribution in [-0.4, -0.2) is 23.4 Å². The second-order valence-electron chi connectivity index (χ2n) is 5.64. The van der Waals surface area contributed by atoms with Crippen molar-refractivity contribution in [2.75, 3.05) is 6.54 Å². The lowest BCUT2D eigenvalue weighted by molar-refractivity contribution is 0.0736. The molecule has 114 valence electrons. The van der Waals surface area contributed by atoms with Crippen molar-refractivity contribution >= 4 is 29.1 Å². The van der Waals surface area contributed by atoms with E-state index in [-0.39, 0.29) is 11.9 Å². The third-order valence-electron chi connectivity index (χ3n) is 4.06. The highest BCUT2D eigenvalue weighted by Crippen LogP contribution is 2.26. The SMILES string of the molecule is O=C(c1cc(Cl)cc(Cl)c1)N1CCCC1Cc1ccccc1. The molecule has 0 aromatic heterocycles. The third-order valence-corrected chi connectivity index (χ3v) is 4.50. The highest BCUT2D eigenvalue weighted by molar-refractivity contribution is 6.35. The smallest absolute Gasteiger partial charge is 0.254 e. The number of halogens is 2. The molecule has 1 fully saturated rings. The van der Waals surface area contributed by atoms with Gasteiger partial charge in [-0.3, -0.25) is 4.79 Å². The average Bonchev–Trinajstić information content (AvgIpc) is 2.94. The van der Waals surface area contributed by atoms with Gasteiger partial charge >= 0.3 is 0 Å². The molecule has 1 unspecified atom stereocenters. The minimum atomic E-state index is 0.0165. The number of hydrogen-bond donors (Lipinski definition) is 0. The van der Waals surface area contributed by atoms with Gasteiger partial charge in [-0.1, -0.05) is 53.5 Å². The monoisotopic (exact) mass is 333 g/mol. The van der Waals surface area contributed by atoms with Crippen molar-refractivity contribution in [2.45, 2.75) is 25.3 Å². The summed E-state index contributed by atoms with van der Waals surface area (Å²) in [6, 6.07) is 15.6. The zero-order valence-electron chi connectivity index (χ0n) is 12.1. The summed E-state index contributed by atoms with van der Waals surface area (Å²) in [5, 5.41) is 0.990. The normalized spacial score (nSPS) is 17.7. The first-order valence-corrected chi connectivity index (χ1v) is 8.20. The van der Waals surface area contributed by atoms with E-state index < -0.39 is 0 Å². The van der Waals surface area contributed by atoms with Crippen molar-refractivity contribution in [3.63, 3.8) is 0 Å². The van der Waals surface area contributed by atoms with Gasteiger partial charge in [0, 0.05) is 28.2 Å². The zero-order chi connectivity index (χ0) is 15.5. The first-order chi connectivity index (χ1) is 10.6. The first-order valence-electron chi connectivity index (χ1n) is 7.44. The standard InChI is InChI=1S/C18H17Cl2NO/c19-15-10-14(11-16(20)12-15)18(22)21-8-4-7-17(21)9-13-5-2-1-3-6-13/h1-3,5-6,10-12,17H,4,7-9H2. The summed E-state index contributed by atoms with van der Waals surface area (Å²) >= 11 is 12.0. The maximum absolute atomic E-state index is 12.8. The van der Waals surface area contributed by atoms with Gasteiger partial charge in [-0.15, -0.1) is 0 Å². The molecular weight excluding hydrogens is 317 g/mol. The van der Waals surface area contributed by atoms with Crippen molar-refractivity contribution in [1.82, 2.24) is 4.90 Å². The molecule has 1 aliphatic heterocycles. The molecule has 0 aliphatic carbocycles. The van der Waals surface area contributed by atoms with Gasteiger partial charge in [-0.25, -0.2) is 0 Å². The molecule has 0 saturated carbocycles. The Bertz CT molecular complexity index is 652. The number of rotatable bonds is 3. The van der Waals surface area contributed by atoms with Crippen molar-refractivity contribution in [1.29, 1.82) is 0 Å². The van der Waals surface area contributed by atoms with Gasteiger partial charge < -0.3 is 4.90 Å². The molecule has 1 amide bonds. The number of likely N-dealkylation sites (tertiary alicyclic amines) is 1. The Morgan fingerprint density at radius 1 is 1.09 bits per heavy atom. The Morgan fingerprint density at radius 2 is 1.77 bits per heavy atom. The summed E-state index contributed by atoms with van der Waals surface area (Å²) in [5.74, 6) is 0.0165. The van der Waals surface area contributed by atoms with Crippen molar-refractivity contribution in [3.8, 4) is 0 Å². The van der Waals surface area contributed by atoms with Crippen LogP contribution in [-0.2, 0) is 6.42 Å². The third kappa shape index (κ3) is 3.45. The minimum absolute atomic E-state index is 0.0165. The lowest BCUT2D eigenvalue weighted by Crippen LogP contribution is -2.36. The molecule has 1 heterocycles. The van der Waals surface area contributed by atoms with Crippen LogP contribution in [0.4, 0.5) is 0 Å². The molecule has 2 nitrogen and oxygen atoms in total. The fourth-order valence-electron chi connectivity index (χ4n) is 3.04. The molecule has 0 N–H and O–H groups in total. The quantitative estimate of drug-likeness (QED) is 0.786. The average molecular weight is 334 g/mol. The minimum Gasteiger partial charge on any atom is -0.335 e. The number of carbonyl (C=O) groups excluding carboxylic acids is 1. The highest BCUT2D eigenvalue weighted by Gasteiger charge is 2.29. The summed E-state index contributed by atoms with van der Waals surface area (Å²) < 4.78 is 0. The Hall–Kier alpha value is -1.51. The van der Waals surface area contributed by atoms with Gasteiger partial charge in [0.1, 0.15) is 0 Å². The molecule has 3 rings (SSSR count). The summed E-state index contributed by atoms with van der Waals surface area (Å²) in [5.41, 5.74) is 1.83. The van der Waals surface area contributed by atoms with E-state index in [9.17, 15) is 4.79 Å². The molecule has 2 aromatic rings. The fourth-order valence-corrected chi connectivity index (χ4v) is 3.57. The van der Waals surface area contributed by atoms with E-state index in [1.54, 1.807) is 18.2 Å². The molecule has 1 atom stereocenters. The highest BCUT2D eigenvalue weighted by atomic mass is 35.5. The first kappa shape index (κ1) is 15.4. The van der Waals surface area contributed by atoms with Gasteiger partial charge in [0.25, 0.3) is 5.91 Å². The Morgan fingerprint density at radius 3 is 2.45 bits per heavy atom. The van der Waals surface area contributed by atoms with Crippen molar-refractivity contribution in [3.05, 3.63) is 69.7 Å². The van der Waals surface area contributed by atoms with E-state index in [0.29, 0.717) is 15.6 Å². The Balaban J connectivity index is 1.79. The largest absolute Gasteiger partial charge is 0.335 e. The van der Waals surface area contributed by atoms with Gasteiger partial charge in [0.05, 0.1) is 0 Å². The second kappa shape index (κ2) is 6.72. The lowest BCUT2D eigenvalue weighted by Gasteiger charge is -2.25. The van der Waals surface area contributed by atoms with Crippen LogP contribution in [0.15, 0.2) is 48.5 Å². The molecule has 0 radical (unpaired) electrons. The summed E-state index contributed by atoms with van der Waals surface area (Å²) in [7, 11) is 0. The van der Waals surface area contributed by atoms with Crippen LogP contribution in [0.1, 0.15) is 28.8 Å². The zero-order valence-corrected chi connectivity index (χ0v) is 13.6. The second-order valence-corrected chi connectivity index (χ2v) is 6.52. The number of carbonyl (C=O) groups is 1. The van der Waals surface area contributed by atoms with Crippen LogP contribution < -0.4 is 0 Å². The number of nitrogens with zero attached hydrogens (tertiary/aromatic N) is 1. The van der Waals surface area contributed by atoms with Gasteiger partial charge in [0.15, 0.2) is 0 Å². The van der Waals surface area contributed by atoms with Crippen LogP contribution in [0.2, 0.25) is 10.0 Å². The molecule has 22 heavy (non-hydrogen) atoms. The van der Waals surface area contributed by atoms with E-state index in [1.165, 1.54) is 5.56 Å². The molecule has 0 spiro atoms. The molecule has 0 bridgehead atoms. The van der Waals surface area contributed by atoms with E-state index in [1.807, 2.05) is 23.1 Å². The number of benzene rings is 2. The van der Waals surface area contributed by atoms with Gasteiger partial charge in [0.2, 0.25) is 0 Å². The fraction of sp³-hybridized carbons (Fsp3) is 0.278. The van der Waals surface area contributed by atoms with Gasteiger partial charge in [-0.2, -0.15) is 0 Å². The van der Waals surface area contributed by atoms with Crippen molar-refractivity contribution in [2.24, 2.45) is 0 Å². The molecule has 1 saturated heterocycles. The van der Waals surface area contributed by atoms with E-state index in [0.717, 1.165) is 25.8 Å². The van der Waals surface area contributed by atoms with Crippen LogP contribution >= 0.6 is 23.2 Å².